The predicted molar refractivity (Wildman–Crippen MR) is 93.8 cm³/mol. The van der Waals surface area contributed by atoms with Crippen molar-refractivity contribution in [2.45, 2.75) is 23.6 Å². The van der Waals surface area contributed by atoms with Crippen LogP contribution in [0.25, 0.3) is 0 Å². The first kappa shape index (κ1) is 17.3. The summed E-state index contributed by atoms with van der Waals surface area (Å²) >= 11 is 5.33. The molecular weight excluding hydrogens is 338 g/mol. The molecule has 0 radical (unpaired) electrons. The predicted octanol–water partition coefficient (Wildman–Crippen LogP) is 3.88. The Morgan fingerprint density at radius 3 is 2.09 bits per heavy atom. The number of benzene rings is 2. The van der Waals surface area contributed by atoms with Crippen molar-refractivity contribution in [2.24, 2.45) is 0 Å². The lowest BCUT2D eigenvalue weighted by Crippen LogP contribution is -2.36. The van der Waals surface area contributed by atoms with Crippen LogP contribution in [0.15, 0.2) is 58.3 Å². The van der Waals surface area contributed by atoms with E-state index in [2.05, 4.69) is 0 Å². The summed E-state index contributed by atoms with van der Waals surface area (Å²) in [4.78, 5) is 1.27. The molecule has 118 valence electrons. The largest absolute Gasteiger partial charge is 0.282 e. The first-order chi connectivity index (χ1) is 10.4. The SMILES string of the molecule is CCN([S+](C)c1ccc(Cl)cc1)S(=O)(=O)c1ccc(C)cc1. The molecule has 2 aromatic rings. The van der Waals surface area contributed by atoms with Crippen LogP contribution in [-0.4, -0.2) is 24.9 Å². The maximum atomic E-state index is 12.9. The Labute approximate surface area is 140 Å². The van der Waals surface area contributed by atoms with E-state index in [0.29, 0.717) is 16.5 Å². The Morgan fingerprint density at radius 2 is 1.59 bits per heavy atom. The third-order valence-electron chi connectivity index (χ3n) is 3.31. The van der Waals surface area contributed by atoms with Crippen LogP contribution >= 0.6 is 11.6 Å². The number of hydrogen-bond acceptors (Lipinski definition) is 2. The molecule has 0 N–H and O–H groups in total. The summed E-state index contributed by atoms with van der Waals surface area (Å²) in [5.41, 5.74) is 1.04. The number of hydrogen-bond donors (Lipinski definition) is 0. The quantitative estimate of drug-likeness (QED) is 0.762. The van der Waals surface area contributed by atoms with Crippen LogP contribution in [-0.2, 0) is 21.1 Å². The summed E-state index contributed by atoms with van der Waals surface area (Å²) < 4.78 is 27.3. The molecule has 0 amide bonds. The highest BCUT2D eigenvalue weighted by molar-refractivity contribution is 8.06. The Balaban J connectivity index is 2.37. The van der Waals surface area contributed by atoms with E-state index in [1.165, 1.54) is 3.71 Å². The fourth-order valence-electron chi connectivity index (χ4n) is 2.09. The van der Waals surface area contributed by atoms with Crippen molar-refractivity contribution in [1.29, 1.82) is 0 Å². The molecule has 0 aliphatic rings. The van der Waals surface area contributed by atoms with Gasteiger partial charge in [0.15, 0.2) is 4.90 Å². The molecule has 0 aliphatic carbocycles. The fraction of sp³-hybridized carbons (Fsp3) is 0.250. The minimum atomic E-state index is -3.51. The van der Waals surface area contributed by atoms with E-state index in [1.807, 2.05) is 44.4 Å². The van der Waals surface area contributed by atoms with E-state index < -0.39 is 21.1 Å². The molecule has 0 aromatic heterocycles. The zero-order valence-electron chi connectivity index (χ0n) is 12.8. The van der Waals surface area contributed by atoms with E-state index in [9.17, 15) is 8.42 Å². The van der Waals surface area contributed by atoms with Gasteiger partial charge in [-0.2, -0.15) is 0 Å². The number of rotatable bonds is 5. The third kappa shape index (κ3) is 3.66. The maximum absolute atomic E-state index is 12.9. The lowest BCUT2D eigenvalue weighted by Gasteiger charge is -2.18. The second-order valence-corrected chi connectivity index (χ2v) is 9.27. The summed E-state index contributed by atoms with van der Waals surface area (Å²) in [5.74, 6) is 0. The molecule has 1 atom stereocenters. The van der Waals surface area contributed by atoms with E-state index in [4.69, 9.17) is 11.6 Å². The van der Waals surface area contributed by atoms with Crippen molar-refractivity contribution >= 4 is 32.7 Å². The monoisotopic (exact) mass is 356 g/mol. The Kier molecular flexibility index (Phi) is 5.55. The molecule has 0 heterocycles. The van der Waals surface area contributed by atoms with Gasteiger partial charge >= 0.3 is 0 Å². The number of nitrogens with zero attached hydrogens (tertiary/aromatic N) is 1. The normalized spacial score (nSPS) is 13.3. The van der Waals surface area contributed by atoms with Gasteiger partial charge in [-0.3, -0.25) is 0 Å². The molecule has 0 fully saturated rings. The molecule has 0 spiro atoms. The minimum Gasteiger partial charge on any atom is -0.203 e. The van der Waals surface area contributed by atoms with Gasteiger partial charge in [0.2, 0.25) is 0 Å². The van der Waals surface area contributed by atoms with Crippen LogP contribution in [0.4, 0.5) is 0 Å². The Hall–Kier alpha value is -1.01. The summed E-state index contributed by atoms with van der Waals surface area (Å²) in [6.45, 7) is 4.20. The molecule has 1 unspecified atom stereocenters. The molecule has 2 aromatic carbocycles. The van der Waals surface area contributed by atoms with E-state index in [1.54, 1.807) is 24.3 Å². The van der Waals surface area contributed by atoms with Gasteiger partial charge in [-0.05, 0) is 54.0 Å². The van der Waals surface area contributed by atoms with Crippen molar-refractivity contribution in [3.63, 3.8) is 0 Å². The molecular formula is C16H19ClNO2S2+. The van der Waals surface area contributed by atoms with E-state index in [-0.39, 0.29) is 0 Å². The summed E-state index contributed by atoms with van der Waals surface area (Å²) in [6, 6.07) is 14.3. The first-order valence-electron chi connectivity index (χ1n) is 6.87. The van der Waals surface area contributed by atoms with Crippen LogP contribution in [0.5, 0.6) is 0 Å². The zero-order valence-corrected chi connectivity index (χ0v) is 15.2. The number of aryl methyl sites for hydroxylation is 1. The van der Waals surface area contributed by atoms with Crippen LogP contribution < -0.4 is 0 Å². The summed E-state index contributed by atoms with van der Waals surface area (Å²) in [5, 5.41) is 0.644. The van der Waals surface area contributed by atoms with E-state index >= 15 is 0 Å². The molecule has 0 bridgehead atoms. The number of sulfonamides is 1. The summed E-state index contributed by atoms with van der Waals surface area (Å²) in [6.07, 6.45) is 1.92. The molecule has 0 aliphatic heterocycles. The van der Waals surface area contributed by atoms with Crippen molar-refractivity contribution in [2.75, 3.05) is 12.8 Å². The molecule has 22 heavy (non-hydrogen) atoms. The minimum absolute atomic E-state index is 0.327. The molecule has 0 saturated carbocycles. The Bertz CT molecular complexity index is 728. The maximum Gasteiger partial charge on any atom is 0.282 e. The fourth-order valence-corrected chi connectivity index (χ4v) is 6.12. The standard InChI is InChI=1S/C16H19ClNO2S2/c1-4-18(21(3)15-9-7-14(17)8-10-15)22(19,20)16-11-5-13(2)6-12-16/h5-12H,4H2,1-3H3/q+1. The Morgan fingerprint density at radius 1 is 1.05 bits per heavy atom. The van der Waals surface area contributed by atoms with Crippen molar-refractivity contribution in [3.05, 3.63) is 59.1 Å². The molecule has 6 heteroatoms. The van der Waals surface area contributed by atoms with Gasteiger partial charge in [-0.15, -0.1) is 0 Å². The topological polar surface area (TPSA) is 37.4 Å². The van der Waals surface area contributed by atoms with Gasteiger partial charge in [-0.1, -0.05) is 29.3 Å². The first-order valence-corrected chi connectivity index (χ1v) is 10.3. The number of halogens is 1. The van der Waals surface area contributed by atoms with E-state index in [0.717, 1.165) is 10.5 Å². The van der Waals surface area contributed by atoms with Crippen molar-refractivity contribution in [1.82, 2.24) is 3.71 Å². The average molecular weight is 357 g/mol. The molecule has 0 saturated heterocycles. The highest BCUT2D eigenvalue weighted by Gasteiger charge is 2.37. The smallest absolute Gasteiger partial charge is 0.203 e. The van der Waals surface area contributed by atoms with Gasteiger partial charge in [0, 0.05) is 5.02 Å². The second kappa shape index (κ2) is 7.04. The lowest BCUT2D eigenvalue weighted by molar-refractivity contribution is 0.547. The van der Waals surface area contributed by atoms with Crippen molar-refractivity contribution in [3.8, 4) is 0 Å². The van der Waals surface area contributed by atoms with Crippen LogP contribution in [0, 0.1) is 6.92 Å². The van der Waals surface area contributed by atoms with Gasteiger partial charge in [0.25, 0.3) is 10.0 Å². The third-order valence-corrected chi connectivity index (χ3v) is 8.30. The summed E-state index contributed by atoms with van der Waals surface area (Å²) in [7, 11) is -3.51. The highest BCUT2D eigenvalue weighted by atomic mass is 35.5. The van der Waals surface area contributed by atoms with Crippen LogP contribution in [0.3, 0.4) is 0 Å². The van der Waals surface area contributed by atoms with Gasteiger partial charge in [0.1, 0.15) is 17.3 Å². The van der Waals surface area contributed by atoms with Gasteiger partial charge in [-0.25, -0.2) is 8.42 Å². The van der Waals surface area contributed by atoms with Crippen LogP contribution in [0.2, 0.25) is 5.02 Å². The van der Waals surface area contributed by atoms with Crippen molar-refractivity contribution < 1.29 is 8.42 Å². The molecule has 3 nitrogen and oxygen atoms in total. The second-order valence-electron chi connectivity index (χ2n) is 4.87. The zero-order chi connectivity index (χ0) is 16.3. The average Bonchev–Trinajstić information content (AvgIpc) is 2.48. The lowest BCUT2D eigenvalue weighted by atomic mass is 10.2. The molecule has 2 rings (SSSR count). The highest BCUT2D eigenvalue weighted by Crippen LogP contribution is 2.25. The van der Waals surface area contributed by atoms with Crippen LogP contribution in [0.1, 0.15) is 12.5 Å². The van der Waals surface area contributed by atoms with Gasteiger partial charge < -0.3 is 0 Å². The van der Waals surface area contributed by atoms with Gasteiger partial charge in [0.05, 0.1) is 11.4 Å².